The zero-order chi connectivity index (χ0) is 12.1. The second-order valence-electron chi connectivity index (χ2n) is 4.13. The molecule has 92 valence electrons. The minimum atomic E-state index is -0.0628. The summed E-state index contributed by atoms with van der Waals surface area (Å²) in [4.78, 5) is 3.82. The van der Waals surface area contributed by atoms with Crippen LogP contribution in [0.5, 0.6) is 0 Å². The van der Waals surface area contributed by atoms with Crippen molar-refractivity contribution in [3.63, 3.8) is 0 Å². The third-order valence-corrected chi connectivity index (χ3v) is 4.78. The molecular weight excluding hydrogens is 250 g/mol. The molecule has 2 nitrogen and oxygen atoms in total. The van der Waals surface area contributed by atoms with Crippen molar-refractivity contribution in [3.05, 3.63) is 21.9 Å². The number of thiophene rings is 1. The lowest BCUT2D eigenvalue weighted by Crippen LogP contribution is -2.35. The van der Waals surface area contributed by atoms with Crippen LogP contribution >= 0.6 is 23.1 Å². The Morgan fingerprint density at radius 3 is 3.24 bits per heavy atom. The summed E-state index contributed by atoms with van der Waals surface area (Å²) in [6.07, 6.45) is 0. The molecule has 1 aromatic rings. The molecule has 2 heterocycles. The molecule has 1 aliphatic heterocycles. The van der Waals surface area contributed by atoms with Gasteiger partial charge in [0.15, 0.2) is 0 Å². The van der Waals surface area contributed by atoms with E-state index < -0.39 is 0 Å². The molecule has 0 spiro atoms. The average molecular weight is 267 g/mol. The van der Waals surface area contributed by atoms with Gasteiger partial charge in [0.05, 0.1) is 0 Å². The summed E-state index contributed by atoms with van der Waals surface area (Å²) in [5.41, 5.74) is 1.08. The van der Waals surface area contributed by atoms with Crippen LogP contribution < -0.4 is 0 Å². The molecule has 0 amide bonds. The summed E-state index contributed by atoms with van der Waals surface area (Å²) in [7, 11) is 0. The molecular formula is C13H17NOS2. The first-order valence-corrected chi connectivity index (χ1v) is 7.72. The molecule has 1 aromatic heterocycles. The monoisotopic (exact) mass is 267 g/mol. The molecule has 0 bridgehead atoms. The van der Waals surface area contributed by atoms with Crippen LogP contribution in [0.2, 0.25) is 0 Å². The normalized spacial score (nSPS) is 20.9. The van der Waals surface area contributed by atoms with E-state index in [9.17, 15) is 0 Å². The second-order valence-corrected chi connectivity index (χ2v) is 6.68. The zero-order valence-electron chi connectivity index (χ0n) is 9.98. The van der Waals surface area contributed by atoms with Crippen molar-refractivity contribution in [2.24, 2.45) is 0 Å². The number of hydrogen-bond donors (Lipinski definition) is 1. The molecule has 2 rings (SSSR count). The maximum atomic E-state index is 8.73. The fraction of sp³-hybridized carbons (Fsp3) is 0.538. The molecule has 1 atom stereocenters. The summed E-state index contributed by atoms with van der Waals surface area (Å²) in [6, 6.07) is 2.05. The molecule has 0 aromatic carbocycles. The van der Waals surface area contributed by atoms with Crippen LogP contribution in [0, 0.1) is 11.8 Å². The summed E-state index contributed by atoms with van der Waals surface area (Å²) in [6.45, 7) is 5.55. The lowest BCUT2D eigenvalue weighted by molar-refractivity contribution is 0.280. The highest BCUT2D eigenvalue weighted by Gasteiger charge is 2.17. The smallest absolute Gasteiger partial charge is 0.104 e. The van der Waals surface area contributed by atoms with Gasteiger partial charge in [-0.1, -0.05) is 18.8 Å². The summed E-state index contributed by atoms with van der Waals surface area (Å²) in [5.74, 6) is 6.98. The predicted octanol–water partition coefficient (Wildman–Crippen LogP) is 2.03. The van der Waals surface area contributed by atoms with E-state index >= 15 is 0 Å². The van der Waals surface area contributed by atoms with Gasteiger partial charge in [0.25, 0.3) is 0 Å². The maximum absolute atomic E-state index is 8.73. The number of hydrogen-bond acceptors (Lipinski definition) is 4. The standard InChI is InChI=1S/C13H17NOS2/c1-11-9-14(5-8-16-11)10-13-12(3-2-6-15)4-7-17-13/h4,7,11,15H,5-6,8-10H2,1H3. The van der Waals surface area contributed by atoms with Crippen molar-refractivity contribution < 1.29 is 5.11 Å². The topological polar surface area (TPSA) is 23.5 Å². The lowest BCUT2D eigenvalue weighted by Gasteiger charge is -2.30. The van der Waals surface area contributed by atoms with E-state index in [1.165, 1.54) is 17.2 Å². The number of nitrogens with zero attached hydrogens (tertiary/aromatic N) is 1. The van der Waals surface area contributed by atoms with Crippen LogP contribution in [-0.2, 0) is 6.54 Å². The van der Waals surface area contributed by atoms with Gasteiger partial charge in [-0.15, -0.1) is 11.3 Å². The highest BCUT2D eigenvalue weighted by atomic mass is 32.2. The Balaban J connectivity index is 2.00. The van der Waals surface area contributed by atoms with E-state index in [1.807, 2.05) is 6.07 Å². The second kappa shape index (κ2) is 6.46. The third-order valence-electron chi connectivity index (χ3n) is 2.74. The van der Waals surface area contributed by atoms with Gasteiger partial charge in [0, 0.05) is 41.1 Å². The average Bonchev–Trinajstić information content (AvgIpc) is 2.74. The van der Waals surface area contributed by atoms with Crippen molar-refractivity contribution in [1.29, 1.82) is 0 Å². The van der Waals surface area contributed by atoms with E-state index in [0.717, 1.165) is 23.9 Å². The number of aliphatic hydroxyl groups is 1. The summed E-state index contributed by atoms with van der Waals surface area (Å²) >= 11 is 3.82. The van der Waals surface area contributed by atoms with Crippen LogP contribution in [0.4, 0.5) is 0 Å². The molecule has 17 heavy (non-hydrogen) atoms. The Hall–Kier alpha value is -0.470. The van der Waals surface area contributed by atoms with E-state index in [4.69, 9.17) is 5.11 Å². The Labute approximate surface area is 111 Å². The summed E-state index contributed by atoms with van der Waals surface area (Å²) in [5, 5.41) is 11.5. The quantitative estimate of drug-likeness (QED) is 0.830. The van der Waals surface area contributed by atoms with Crippen LogP contribution in [0.3, 0.4) is 0 Å². The Morgan fingerprint density at radius 1 is 1.59 bits per heavy atom. The number of aliphatic hydroxyl groups excluding tert-OH is 1. The van der Waals surface area contributed by atoms with Crippen LogP contribution in [0.25, 0.3) is 0 Å². The first kappa shape index (κ1) is 13.0. The van der Waals surface area contributed by atoms with Gasteiger partial charge >= 0.3 is 0 Å². The molecule has 4 heteroatoms. The van der Waals surface area contributed by atoms with Crippen molar-refractivity contribution in [2.75, 3.05) is 25.4 Å². The van der Waals surface area contributed by atoms with Crippen LogP contribution in [0.1, 0.15) is 17.4 Å². The first-order valence-electron chi connectivity index (χ1n) is 5.79. The van der Waals surface area contributed by atoms with Gasteiger partial charge in [0.1, 0.15) is 6.61 Å². The third kappa shape index (κ3) is 3.75. The van der Waals surface area contributed by atoms with E-state index in [-0.39, 0.29) is 6.61 Å². The van der Waals surface area contributed by atoms with Gasteiger partial charge < -0.3 is 5.11 Å². The van der Waals surface area contributed by atoms with E-state index in [1.54, 1.807) is 11.3 Å². The van der Waals surface area contributed by atoms with Crippen molar-refractivity contribution in [3.8, 4) is 11.8 Å². The van der Waals surface area contributed by atoms with E-state index in [2.05, 4.69) is 40.8 Å². The number of thioether (sulfide) groups is 1. The fourth-order valence-corrected chi connectivity index (χ4v) is 3.90. The summed E-state index contributed by atoms with van der Waals surface area (Å²) < 4.78 is 0. The first-order chi connectivity index (χ1) is 8.29. The van der Waals surface area contributed by atoms with Gasteiger partial charge in [-0.05, 0) is 11.4 Å². The lowest BCUT2D eigenvalue weighted by atomic mass is 10.2. The van der Waals surface area contributed by atoms with Gasteiger partial charge in [-0.2, -0.15) is 11.8 Å². The van der Waals surface area contributed by atoms with E-state index in [0.29, 0.717) is 0 Å². The SMILES string of the molecule is CC1CN(Cc2sccc2C#CCO)CCS1. The highest BCUT2D eigenvalue weighted by molar-refractivity contribution is 7.99. The fourth-order valence-electron chi connectivity index (χ4n) is 1.95. The molecule has 1 saturated heterocycles. The minimum Gasteiger partial charge on any atom is -0.384 e. The maximum Gasteiger partial charge on any atom is 0.104 e. The molecule has 1 fully saturated rings. The molecule has 0 radical (unpaired) electrons. The Bertz CT molecular complexity index is 419. The molecule has 1 unspecified atom stereocenters. The Kier molecular flexibility index (Phi) is 4.93. The predicted molar refractivity (Wildman–Crippen MR) is 75.5 cm³/mol. The van der Waals surface area contributed by atoms with Gasteiger partial charge in [-0.25, -0.2) is 0 Å². The molecule has 0 saturated carbocycles. The minimum absolute atomic E-state index is 0.0628. The zero-order valence-corrected chi connectivity index (χ0v) is 11.6. The highest BCUT2D eigenvalue weighted by Crippen LogP contribution is 2.23. The van der Waals surface area contributed by atoms with Crippen molar-refractivity contribution in [2.45, 2.75) is 18.7 Å². The number of rotatable bonds is 2. The van der Waals surface area contributed by atoms with Crippen LogP contribution in [-0.4, -0.2) is 40.7 Å². The van der Waals surface area contributed by atoms with Gasteiger partial charge in [0.2, 0.25) is 0 Å². The molecule has 1 aliphatic rings. The van der Waals surface area contributed by atoms with Crippen LogP contribution in [0.15, 0.2) is 11.4 Å². The van der Waals surface area contributed by atoms with Crippen molar-refractivity contribution >= 4 is 23.1 Å². The van der Waals surface area contributed by atoms with Crippen molar-refractivity contribution in [1.82, 2.24) is 4.90 Å². The van der Waals surface area contributed by atoms with Gasteiger partial charge in [-0.3, -0.25) is 4.90 Å². The molecule has 1 N–H and O–H groups in total. The Morgan fingerprint density at radius 2 is 2.47 bits per heavy atom. The largest absolute Gasteiger partial charge is 0.384 e. The molecule has 0 aliphatic carbocycles.